The van der Waals surface area contributed by atoms with Crippen LogP contribution >= 0.6 is 11.3 Å². The van der Waals surface area contributed by atoms with Gasteiger partial charge in [-0.05, 0) is 30.3 Å². The second-order valence-corrected chi connectivity index (χ2v) is 9.47. The topological polar surface area (TPSA) is 107 Å². The zero-order valence-corrected chi connectivity index (χ0v) is 18.5. The lowest BCUT2D eigenvalue weighted by molar-refractivity contribution is -0.116. The molecule has 9 nitrogen and oxygen atoms in total. The number of methoxy groups -OCH3 is 2. The largest absolute Gasteiger partial charge is 0.493 e. The van der Waals surface area contributed by atoms with Crippen LogP contribution in [-0.4, -0.2) is 51.0 Å². The fourth-order valence-electron chi connectivity index (χ4n) is 2.86. The van der Waals surface area contributed by atoms with Crippen LogP contribution in [0, 0.1) is 0 Å². The van der Waals surface area contributed by atoms with Crippen molar-refractivity contribution >= 4 is 43.2 Å². The Morgan fingerprint density at radius 1 is 1.13 bits per heavy atom. The maximum Gasteiger partial charge on any atom is 0.307 e. The summed E-state index contributed by atoms with van der Waals surface area (Å²) in [5, 5.41) is 2.66. The Balaban J connectivity index is 1.75. The van der Waals surface area contributed by atoms with Gasteiger partial charge >= 0.3 is 4.87 Å². The van der Waals surface area contributed by atoms with E-state index in [2.05, 4.69) is 5.32 Å². The number of thiazole rings is 1. The highest BCUT2D eigenvalue weighted by Gasteiger charge is 2.24. The van der Waals surface area contributed by atoms with Gasteiger partial charge < -0.3 is 19.4 Å². The van der Waals surface area contributed by atoms with Crippen molar-refractivity contribution in [3.8, 4) is 11.5 Å². The minimum absolute atomic E-state index is 0.0223. The Labute approximate surface area is 177 Å². The number of rotatable bonds is 7. The summed E-state index contributed by atoms with van der Waals surface area (Å²) in [6.07, 6.45) is 0. The van der Waals surface area contributed by atoms with Crippen molar-refractivity contribution < 1.29 is 22.7 Å². The van der Waals surface area contributed by atoms with Crippen molar-refractivity contribution in [2.75, 3.05) is 33.1 Å². The molecule has 0 aliphatic heterocycles. The quantitative estimate of drug-likeness (QED) is 0.588. The predicted octanol–water partition coefficient (Wildman–Crippen LogP) is 1.88. The minimum Gasteiger partial charge on any atom is -0.493 e. The van der Waals surface area contributed by atoms with Crippen LogP contribution < -0.4 is 19.7 Å². The molecule has 0 spiro atoms. The molecule has 0 aliphatic rings. The van der Waals surface area contributed by atoms with Gasteiger partial charge in [-0.1, -0.05) is 11.3 Å². The summed E-state index contributed by atoms with van der Waals surface area (Å²) in [6.45, 7) is -0.389. The number of anilines is 1. The number of ether oxygens (including phenoxy) is 2. The molecule has 160 valence electrons. The van der Waals surface area contributed by atoms with E-state index in [1.165, 1.54) is 44.0 Å². The highest BCUT2D eigenvalue weighted by atomic mass is 32.2. The third kappa shape index (κ3) is 4.18. The number of carbonyl (C=O) groups excluding carboxylic acids is 1. The summed E-state index contributed by atoms with van der Waals surface area (Å²) in [5.74, 6) is 0.159. The molecule has 0 saturated carbocycles. The summed E-state index contributed by atoms with van der Waals surface area (Å²) in [5.41, 5.74) is 1.24. The molecule has 30 heavy (non-hydrogen) atoms. The number of aromatic nitrogens is 1. The van der Waals surface area contributed by atoms with Gasteiger partial charge in [0.05, 0.1) is 35.9 Å². The number of carbonyl (C=O) groups is 1. The van der Waals surface area contributed by atoms with Crippen LogP contribution in [-0.2, 0) is 21.9 Å². The van der Waals surface area contributed by atoms with E-state index >= 15 is 0 Å². The molecule has 1 amide bonds. The first-order valence-electron chi connectivity index (χ1n) is 8.75. The lowest BCUT2D eigenvalue weighted by atomic mass is 10.3. The molecule has 3 aromatic rings. The van der Waals surface area contributed by atoms with Crippen molar-refractivity contribution in [2.45, 2.75) is 4.90 Å². The van der Waals surface area contributed by atoms with Crippen molar-refractivity contribution in [2.24, 2.45) is 7.05 Å². The van der Waals surface area contributed by atoms with Crippen LogP contribution in [0.4, 0.5) is 5.69 Å². The molecular formula is C19H21N3O6S2. The number of benzene rings is 2. The molecule has 11 heteroatoms. The van der Waals surface area contributed by atoms with E-state index in [4.69, 9.17) is 9.47 Å². The van der Waals surface area contributed by atoms with Gasteiger partial charge in [-0.15, -0.1) is 0 Å². The molecule has 2 aromatic carbocycles. The molecule has 1 aromatic heterocycles. The maximum atomic E-state index is 12.8. The number of likely N-dealkylation sites (N-methyl/N-ethyl adjacent to an activating group) is 1. The van der Waals surface area contributed by atoms with Crippen molar-refractivity contribution in [1.82, 2.24) is 8.87 Å². The number of hydrogen-bond acceptors (Lipinski definition) is 7. The minimum atomic E-state index is -3.93. The molecule has 0 saturated heterocycles. The van der Waals surface area contributed by atoms with E-state index < -0.39 is 15.9 Å². The summed E-state index contributed by atoms with van der Waals surface area (Å²) in [4.78, 5) is 24.0. The second kappa shape index (κ2) is 8.46. The standard InChI is InChI=1S/C19H21N3O6S2/c1-21(30(25,26)13-6-8-15(27-3)16(10-13)28-4)11-18(23)20-12-5-7-14-17(9-12)29-19(24)22(14)2/h5-10H,11H2,1-4H3,(H,20,23). The Bertz CT molecular complexity index is 1260. The Kier molecular flexibility index (Phi) is 6.15. The SMILES string of the molecule is COc1ccc(S(=O)(=O)N(C)CC(=O)Nc2ccc3c(c2)sc(=O)n3C)cc1OC. The third-order valence-electron chi connectivity index (χ3n) is 4.51. The van der Waals surface area contributed by atoms with Gasteiger partial charge in [-0.2, -0.15) is 4.31 Å². The Morgan fingerprint density at radius 2 is 1.83 bits per heavy atom. The van der Waals surface area contributed by atoms with Gasteiger partial charge in [-0.25, -0.2) is 8.42 Å². The fourth-order valence-corrected chi connectivity index (χ4v) is 4.92. The number of nitrogens with one attached hydrogen (secondary N) is 1. The highest BCUT2D eigenvalue weighted by Crippen LogP contribution is 2.30. The highest BCUT2D eigenvalue weighted by molar-refractivity contribution is 7.89. The summed E-state index contributed by atoms with van der Waals surface area (Å²) < 4.78 is 39.1. The monoisotopic (exact) mass is 451 g/mol. The molecule has 3 rings (SSSR count). The van der Waals surface area contributed by atoms with Crippen LogP contribution in [0.3, 0.4) is 0 Å². The van der Waals surface area contributed by atoms with Gasteiger partial charge in [-0.3, -0.25) is 9.59 Å². The molecule has 1 heterocycles. The van der Waals surface area contributed by atoms with E-state index in [1.807, 2.05) is 0 Å². The number of aryl methyl sites for hydroxylation is 1. The predicted molar refractivity (Wildman–Crippen MR) is 115 cm³/mol. The second-order valence-electron chi connectivity index (χ2n) is 6.44. The number of amides is 1. The molecule has 0 aliphatic carbocycles. The van der Waals surface area contributed by atoms with Crippen molar-refractivity contribution in [1.29, 1.82) is 0 Å². The van der Waals surface area contributed by atoms with E-state index in [-0.39, 0.29) is 22.1 Å². The molecular weight excluding hydrogens is 430 g/mol. The van der Waals surface area contributed by atoms with Crippen molar-refractivity contribution in [3.63, 3.8) is 0 Å². The number of sulfonamides is 1. The van der Waals surface area contributed by atoms with Crippen LogP contribution in [0.5, 0.6) is 11.5 Å². The van der Waals surface area contributed by atoms with E-state index in [1.54, 1.807) is 25.2 Å². The van der Waals surface area contributed by atoms with Crippen LogP contribution in [0.15, 0.2) is 46.1 Å². The summed E-state index contributed by atoms with van der Waals surface area (Å²) in [6, 6.07) is 9.29. The van der Waals surface area contributed by atoms with Gasteiger partial charge in [0.15, 0.2) is 11.5 Å². The molecule has 0 atom stereocenters. The van der Waals surface area contributed by atoms with E-state index in [9.17, 15) is 18.0 Å². The zero-order valence-electron chi connectivity index (χ0n) is 16.8. The van der Waals surface area contributed by atoms with Gasteiger partial charge in [0.1, 0.15) is 0 Å². The Morgan fingerprint density at radius 3 is 2.50 bits per heavy atom. The number of fused-ring (bicyclic) bond motifs is 1. The third-order valence-corrected chi connectivity index (χ3v) is 7.30. The summed E-state index contributed by atoms with van der Waals surface area (Å²) in [7, 11) is 1.93. The number of hydrogen-bond donors (Lipinski definition) is 1. The lowest BCUT2D eigenvalue weighted by Gasteiger charge is -2.18. The first-order valence-corrected chi connectivity index (χ1v) is 11.0. The lowest BCUT2D eigenvalue weighted by Crippen LogP contribution is -2.35. The molecule has 0 unspecified atom stereocenters. The van der Waals surface area contributed by atoms with Gasteiger partial charge in [0.2, 0.25) is 15.9 Å². The molecule has 1 N–H and O–H groups in total. The van der Waals surface area contributed by atoms with Crippen molar-refractivity contribution in [3.05, 3.63) is 46.1 Å². The summed E-state index contributed by atoms with van der Waals surface area (Å²) >= 11 is 1.07. The van der Waals surface area contributed by atoms with E-state index in [0.29, 0.717) is 11.4 Å². The first kappa shape index (κ1) is 21.8. The Hall–Kier alpha value is -2.89. The molecule has 0 fully saturated rings. The van der Waals surface area contributed by atoms with Crippen LogP contribution in [0.25, 0.3) is 10.2 Å². The van der Waals surface area contributed by atoms with Gasteiger partial charge in [0.25, 0.3) is 0 Å². The maximum absolute atomic E-state index is 12.8. The normalized spacial score (nSPS) is 11.6. The van der Waals surface area contributed by atoms with Crippen LogP contribution in [0.1, 0.15) is 0 Å². The number of nitrogens with zero attached hydrogens (tertiary/aromatic N) is 2. The van der Waals surface area contributed by atoms with Gasteiger partial charge in [0, 0.05) is 25.8 Å². The fraction of sp³-hybridized carbons (Fsp3) is 0.263. The molecule has 0 bridgehead atoms. The first-order chi connectivity index (χ1) is 14.2. The zero-order chi connectivity index (χ0) is 22.1. The average Bonchev–Trinajstić information content (AvgIpc) is 3.00. The smallest absolute Gasteiger partial charge is 0.307 e. The average molecular weight is 452 g/mol. The van der Waals surface area contributed by atoms with E-state index in [0.717, 1.165) is 25.9 Å². The molecule has 0 radical (unpaired) electrons. The van der Waals surface area contributed by atoms with Crippen LogP contribution in [0.2, 0.25) is 0 Å².